The zero-order chi connectivity index (χ0) is 8.69. The Labute approximate surface area is 77.0 Å². The Morgan fingerprint density at radius 1 is 1.45 bits per heavy atom. The molecule has 0 fully saturated rings. The number of hydrogen-bond donors (Lipinski definition) is 0. The average molecular weight is 219 g/mol. The van der Waals surface area contributed by atoms with Gasteiger partial charge in [-0.1, -0.05) is 25.8 Å². The summed E-state index contributed by atoms with van der Waals surface area (Å²) in [6.07, 6.45) is 6.69. The molecule has 0 N–H and O–H groups in total. The summed E-state index contributed by atoms with van der Waals surface area (Å²) in [7, 11) is 0. The molecule has 0 heterocycles. The maximum absolute atomic E-state index is 10.7. The van der Waals surface area contributed by atoms with Crippen molar-refractivity contribution < 1.29 is 4.79 Å². The van der Waals surface area contributed by atoms with E-state index in [-0.39, 0.29) is 4.69 Å². The van der Waals surface area contributed by atoms with Gasteiger partial charge < -0.3 is 0 Å². The fourth-order valence-electron chi connectivity index (χ4n) is 0.793. The van der Waals surface area contributed by atoms with Gasteiger partial charge in [-0.25, -0.2) is 0 Å². The molecule has 64 valence electrons. The molecule has 0 aliphatic heterocycles. The standard InChI is InChI=1S/C9H15BrO/c1-3-4-5-6-7-8(2)9(10)11/h7H,3-6H2,1-2H3. The molecule has 0 aromatic heterocycles. The molecule has 2 heteroatoms. The van der Waals surface area contributed by atoms with Gasteiger partial charge in [-0.15, -0.1) is 0 Å². The number of rotatable bonds is 5. The van der Waals surface area contributed by atoms with Crippen molar-refractivity contribution in [2.75, 3.05) is 0 Å². The summed E-state index contributed by atoms with van der Waals surface area (Å²) >= 11 is 2.90. The van der Waals surface area contributed by atoms with Crippen LogP contribution >= 0.6 is 15.9 Å². The highest BCUT2D eigenvalue weighted by atomic mass is 79.9. The van der Waals surface area contributed by atoms with E-state index in [9.17, 15) is 4.79 Å². The van der Waals surface area contributed by atoms with Gasteiger partial charge in [0.05, 0.1) is 0 Å². The first-order chi connectivity index (χ1) is 5.18. The molecule has 0 saturated heterocycles. The highest BCUT2D eigenvalue weighted by Gasteiger charge is 1.95. The number of unbranched alkanes of at least 4 members (excludes halogenated alkanes) is 3. The Morgan fingerprint density at radius 3 is 2.55 bits per heavy atom. The highest BCUT2D eigenvalue weighted by Crippen LogP contribution is 2.06. The minimum absolute atomic E-state index is 0.00833. The van der Waals surface area contributed by atoms with Crippen LogP contribution in [0.2, 0.25) is 0 Å². The summed E-state index contributed by atoms with van der Waals surface area (Å²) in [5.41, 5.74) is 0.820. The van der Waals surface area contributed by atoms with E-state index in [0.717, 1.165) is 12.0 Å². The summed E-state index contributed by atoms with van der Waals surface area (Å²) in [4.78, 5) is 10.7. The van der Waals surface area contributed by atoms with Gasteiger partial charge in [0.25, 0.3) is 0 Å². The van der Waals surface area contributed by atoms with Gasteiger partial charge in [-0.05, 0) is 41.3 Å². The van der Waals surface area contributed by atoms with Crippen LogP contribution in [-0.2, 0) is 4.79 Å². The lowest BCUT2D eigenvalue weighted by Crippen LogP contribution is -1.86. The zero-order valence-electron chi connectivity index (χ0n) is 7.19. The van der Waals surface area contributed by atoms with Gasteiger partial charge in [0.15, 0.2) is 0 Å². The molecular formula is C9H15BrO. The second-order valence-corrected chi connectivity index (χ2v) is 3.38. The van der Waals surface area contributed by atoms with Gasteiger partial charge in [0.1, 0.15) is 0 Å². The number of halogens is 1. The summed E-state index contributed by atoms with van der Waals surface area (Å²) < 4.78 is 0.00833. The Bertz CT molecular complexity index is 150. The third-order valence-corrected chi connectivity index (χ3v) is 2.19. The molecule has 11 heavy (non-hydrogen) atoms. The van der Waals surface area contributed by atoms with Gasteiger partial charge >= 0.3 is 0 Å². The quantitative estimate of drug-likeness (QED) is 0.393. The van der Waals surface area contributed by atoms with E-state index < -0.39 is 0 Å². The van der Waals surface area contributed by atoms with Crippen molar-refractivity contribution in [2.45, 2.75) is 39.5 Å². The molecular weight excluding hydrogens is 204 g/mol. The Morgan fingerprint density at radius 2 is 2.09 bits per heavy atom. The molecule has 0 atom stereocenters. The van der Waals surface area contributed by atoms with Gasteiger partial charge in [0, 0.05) is 0 Å². The molecule has 0 bridgehead atoms. The summed E-state index contributed by atoms with van der Waals surface area (Å²) in [5, 5.41) is 0. The van der Waals surface area contributed by atoms with E-state index in [1.54, 1.807) is 0 Å². The van der Waals surface area contributed by atoms with E-state index in [1.165, 1.54) is 19.3 Å². The van der Waals surface area contributed by atoms with Crippen molar-refractivity contribution in [1.82, 2.24) is 0 Å². The number of carbonyl (C=O) groups excluding carboxylic acids is 1. The SMILES string of the molecule is CCCCCC=C(C)C(=O)Br. The largest absolute Gasteiger partial charge is 0.281 e. The fraction of sp³-hybridized carbons (Fsp3) is 0.667. The second kappa shape index (κ2) is 6.59. The molecule has 1 nitrogen and oxygen atoms in total. The first kappa shape index (κ1) is 10.9. The first-order valence-electron chi connectivity index (χ1n) is 4.05. The maximum atomic E-state index is 10.7. The molecule has 0 amide bonds. The van der Waals surface area contributed by atoms with Crippen LogP contribution < -0.4 is 0 Å². The minimum Gasteiger partial charge on any atom is -0.281 e. The van der Waals surface area contributed by atoms with Crippen molar-refractivity contribution >= 4 is 20.6 Å². The van der Waals surface area contributed by atoms with Crippen LogP contribution in [-0.4, -0.2) is 4.69 Å². The second-order valence-electron chi connectivity index (χ2n) is 2.66. The topological polar surface area (TPSA) is 17.1 Å². The van der Waals surface area contributed by atoms with Crippen LogP contribution in [0.5, 0.6) is 0 Å². The molecule has 0 aromatic carbocycles. The van der Waals surface area contributed by atoms with E-state index in [4.69, 9.17) is 0 Å². The van der Waals surface area contributed by atoms with Crippen LogP contribution in [0.25, 0.3) is 0 Å². The van der Waals surface area contributed by atoms with Crippen molar-refractivity contribution in [3.63, 3.8) is 0 Å². The first-order valence-corrected chi connectivity index (χ1v) is 4.84. The van der Waals surface area contributed by atoms with E-state index in [0.29, 0.717) is 0 Å². The molecule has 0 unspecified atom stereocenters. The smallest absolute Gasteiger partial charge is 0.223 e. The predicted molar refractivity (Wildman–Crippen MR) is 51.8 cm³/mol. The zero-order valence-corrected chi connectivity index (χ0v) is 8.78. The molecule has 0 saturated carbocycles. The van der Waals surface area contributed by atoms with Gasteiger partial charge in [-0.3, -0.25) is 4.79 Å². The lowest BCUT2D eigenvalue weighted by molar-refractivity contribution is -0.107. The lowest BCUT2D eigenvalue weighted by atomic mass is 10.1. The fourth-order valence-corrected chi connectivity index (χ4v) is 0.955. The van der Waals surface area contributed by atoms with E-state index >= 15 is 0 Å². The maximum Gasteiger partial charge on any atom is 0.223 e. The molecule has 0 radical (unpaired) electrons. The van der Waals surface area contributed by atoms with Crippen LogP contribution in [0.15, 0.2) is 11.6 Å². The monoisotopic (exact) mass is 218 g/mol. The molecule has 0 aliphatic carbocycles. The van der Waals surface area contributed by atoms with Crippen molar-refractivity contribution in [1.29, 1.82) is 0 Å². The number of allylic oxidation sites excluding steroid dienone is 2. The third kappa shape index (κ3) is 6.29. The Hall–Kier alpha value is -0.110. The highest BCUT2D eigenvalue weighted by molar-refractivity contribution is 9.18. The van der Waals surface area contributed by atoms with Crippen LogP contribution in [0, 0.1) is 0 Å². The Kier molecular flexibility index (Phi) is 6.52. The average Bonchev–Trinajstić information content (AvgIpc) is 1.97. The van der Waals surface area contributed by atoms with E-state index in [2.05, 4.69) is 22.9 Å². The predicted octanol–water partition coefficient (Wildman–Crippen LogP) is 3.43. The van der Waals surface area contributed by atoms with Crippen molar-refractivity contribution in [3.05, 3.63) is 11.6 Å². The summed E-state index contributed by atoms with van der Waals surface area (Å²) in [6.45, 7) is 4.01. The summed E-state index contributed by atoms with van der Waals surface area (Å²) in [6, 6.07) is 0. The molecule has 0 aliphatic rings. The molecule has 0 aromatic rings. The molecule has 0 spiro atoms. The number of hydrogen-bond acceptors (Lipinski definition) is 1. The normalized spacial score (nSPS) is 11.7. The van der Waals surface area contributed by atoms with Gasteiger partial charge in [-0.2, -0.15) is 0 Å². The van der Waals surface area contributed by atoms with Crippen LogP contribution in [0.1, 0.15) is 39.5 Å². The van der Waals surface area contributed by atoms with Crippen molar-refractivity contribution in [3.8, 4) is 0 Å². The van der Waals surface area contributed by atoms with E-state index in [1.807, 2.05) is 13.0 Å². The summed E-state index contributed by atoms with van der Waals surface area (Å²) in [5.74, 6) is 0. The van der Waals surface area contributed by atoms with Crippen LogP contribution in [0.3, 0.4) is 0 Å². The molecule has 0 rings (SSSR count). The third-order valence-electron chi connectivity index (χ3n) is 1.57. The lowest BCUT2D eigenvalue weighted by Gasteiger charge is -1.93. The minimum atomic E-state index is 0.00833. The van der Waals surface area contributed by atoms with Crippen LogP contribution in [0.4, 0.5) is 0 Å². The van der Waals surface area contributed by atoms with Gasteiger partial charge in [0.2, 0.25) is 4.69 Å². The van der Waals surface area contributed by atoms with Crippen molar-refractivity contribution in [2.24, 2.45) is 0 Å². The Balaban J connectivity index is 3.48. The number of carbonyl (C=O) groups is 1.